The molecule has 0 amide bonds. The minimum absolute atomic E-state index is 0.00710. The molecule has 0 bridgehead atoms. The van der Waals surface area contributed by atoms with Crippen LogP contribution in [-0.2, 0) is 27.9 Å². The van der Waals surface area contributed by atoms with Crippen molar-refractivity contribution in [2.75, 3.05) is 0 Å². The first-order valence-corrected chi connectivity index (χ1v) is 9.61. The van der Waals surface area contributed by atoms with Gasteiger partial charge in [0.1, 0.15) is 6.10 Å². The number of carbonyl (C=O) groups excluding carboxylic acids is 2. The van der Waals surface area contributed by atoms with Gasteiger partial charge in [0.05, 0.1) is 12.2 Å². The first-order chi connectivity index (χ1) is 10.7. The van der Waals surface area contributed by atoms with E-state index >= 15 is 0 Å². The molecule has 0 unspecified atom stereocenters. The highest BCUT2D eigenvalue weighted by Crippen LogP contribution is 2.53. The molecule has 7 heteroatoms. The third-order valence-corrected chi connectivity index (χ3v) is 5.43. The van der Waals surface area contributed by atoms with Crippen LogP contribution in [-0.4, -0.2) is 29.8 Å². The largest absolute Gasteiger partial charge is 0.455 e. The van der Waals surface area contributed by atoms with Crippen LogP contribution in [0.1, 0.15) is 53.9 Å². The van der Waals surface area contributed by atoms with Gasteiger partial charge in [0.25, 0.3) is 0 Å². The zero-order valence-electron chi connectivity index (χ0n) is 14.5. The third kappa shape index (κ3) is 6.21. The topological polar surface area (TPSA) is 78.9 Å². The zero-order chi connectivity index (χ0) is 17.6. The van der Waals surface area contributed by atoms with Gasteiger partial charge >= 0.3 is 13.6 Å². The van der Waals surface area contributed by atoms with Gasteiger partial charge in [0.15, 0.2) is 0 Å². The number of cyclic esters (lactones) is 1. The van der Waals surface area contributed by atoms with Crippen LogP contribution < -0.4 is 0 Å². The highest BCUT2D eigenvalue weighted by molar-refractivity contribution is 7.71. The number of carbonyl (C=O) groups is 2. The minimum Gasteiger partial charge on any atom is -0.455 e. The summed E-state index contributed by atoms with van der Waals surface area (Å²) in [5, 5.41) is 0. The summed E-state index contributed by atoms with van der Waals surface area (Å²) in [7, 11) is -3.86. The van der Waals surface area contributed by atoms with Gasteiger partial charge in [0.2, 0.25) is 5.52 Å². The predicted octanol–water partition coefficient (Wildman–Crippen LogP) is 3.84. The minimum atomic E-state index is -3.86. The summed E-state index contributed by atoms with van der Waals surface area (Å²) in [6.45, 7) is 8.79. The van der Waals surface area contributed by atoms with E-state index in [1.807, 2.05) is 6.92 Å². The summed E-state index contributed by atoms with van der Waals surface area (Å²) >= 11 is 0. The summed E-state index contributed by atoms with van der Waals surface area (Å²) < 4.78 is 28.7. The van der Waals surface area contributed by atoms with Crippen molar-refractivity contribution in [2.45, 2.75) is 72.2 Å². The second-order valence-electron chi connectivity index (χ2n) is 6.21. The molecule has 0 radical (unpaired) electrons. The third-order valence-electron chi connectivity index (χ3n) is 3.24. The molecule has 6 nitrogen and oxygen atoms in total. The van der Waals surface area contributed by atoms with Crippen LogP contribution in [0.2, 0.25) is 0 Å². The molecule has 0 aliphatic carbocycles. The van der Waals surface area contributed by atoms with Gasteiger partial charge in [-0.25, -0.2) is 4.79 Å². The van der Waals surface area contributed by atoms with Gasteiger partial charge in [-0.15, -0.1) is 0 Å². The van der Waals surface area contributed by atoms with Crippen LogP contribution in [0.3, 0.4) is 0 Å². The van der Waals surface area contributed by atoms with Crippen LogP contribution in [0.4, 0.5) is 0 Å². The lowest BCUT2D eigenvalue weighted by Gasteiger charge is -2.25. The van der Waals surface area contributed by atoms with Crippen molar-refractivity contribution in [1.29, 1.82) is 0 Å². The summed E-state index contributed by atoms with van der Waals surface area (Å²) in [6, 6.07) is 0. The maximum absolute atomic E-state index is 12.8. The van der Waals surface area contributed by atoms with E-state index in [4.69, 9.17) is 13.8 Å². The standard InChI is InChI=1S/C16H27O6P/c1-6-7-13(14-8-9-15(17)20-14)10-16(18)23(19,21-11(2)3)22-12(4)5/h8-9,11-14H,6-7,10H2,1-5H3/t13-,14+/m0/s1. The Hall–Kier alpha value is -0.970. The van der Waals surface area contributed by atoms with Gasteiger partial charge in [-0.3, -0.25) is 9.36 Å². The molecular weight excluding hydrogens is 319 g/mol. The number of esters is 1. The average Bonchev–Trinajstić information content (AvgIpc) is 2.82. The molecule has 0 fully saturated rings. The molecule has 0 aromatic rings. The van der Waals surface area contributed by atoms with E-state index in [2.05, 4.69) is 0 Å². The molecule has 1 aliphatic heterocycles. The van der Waals surface area contributed by atoms with Crippen LogP contribution in [0.5, 0.6) is 0 Å². The molecule has 1 aliphatic rings. The van der Waals surface area contributed by atoms with Crippen molar-refractivity contribution < 1.29 is 27.9 Å². The smallest absolute Gasteiger partial charge is 0.397 e. The summed E-state index contributed by atoms with van der Waals surface area (Å²) in [6.07, 6.45) is 3.25. The highest BCUT2D eigenvalue weighted by atomic mass is 31.2. The first kappa shape index (κ1) is 20.1. The van der Waals surface area contributed by atoms with Gasteiger partial charge in [-0.2, -0.15) is 0 Å². The first-order valence-electron chi connectivity index (χ1n) is 8.07. The Morgan fingerprint density at radius 3 is 2.22 bits per heavy atom. The van der Waals surface area contributed by atoms with Gasteiger partial charge < -0.3 is 13.8 Å². The molecule has 0 aromatic heterocycles. The summed E-state index contributed by atoms with van der Waals surface area (Å²) in [5.41, 5.74) is -0.560. The van der Waals surface area contributed by atoms with Gasteiger partial charge in [0, 0.05) is 18.4 Å². The van der Waals surface area contributed by atoms with Crippen molar-refractivity contribution in [3.05, 3.63) is 12.2 Å². The fourth-order valence-corrected chi connectivity index (χ4v) is 4.28. The lowest BCUT2D eigenvalue weighted by atomic mass is 9.94. The van der Waals surface area contributed by atoms with Crippen molar-refractivity contribution in [1.82, 2.24) is 0 Å². The molecule has 2 atom stereocenters. The quantitative estimate of drug-likeness (QED) is 0.442. The number of ether oxygens (including phenoxy) is 1. The monoisotopic (exact) mass is 346 g/mol. The maximum atomic E-state index is 12.8. The molecule has 1 heterocycles. The van der Waals surface area contributed by atoms with E-state index in [0.29, 0.717) is 6.42 Å². The molecule has 23 heavy (non-hydrogen) atoms. The Balaban J connectivity index is 2.86. The molecule has 0 N–H and O–H groups in total. The van der Waals surface area contributed by atoms with Crippen LogP contribution in [0.25, 0.3) is 0 Å². The molecule has 0 spiro atoms. The van der Waals surface area contributed by atoms with Crippen molar-refractivity contribution in [3.8, 4) is 0 Å². The normalized spacial score (nSPS) is 19.4. The number of rotatable bonds is 10. The van der Waals surface area contributed by atoms with Crippen LogP contribution in [0.15, 0.2) is 12.2 Å². The average molecular weight is 346 g/mol. The van der Waals surface area contributed by atoms with E-state index in [-0.39, 0.29) is 12.3 Å². The second-order valence-corrected chi connectivity index (χ2v) is 8.13. The fourth-order valence-electron chi connectivity index (χ4n) is 2.43. The summed E-state index contributed by atoms with van der Waals surface area (Å²) in [5.74, 6) is -0.640. The van der Waals surface area contributed by atoms with Crippen molar-refractivity contribution >= 4 is 19.1 Å². The van der Waals surface area contributed by atoms with Crippen molar-refractivity contribution in [2.24, 2.45) is 5.92 Å². The lowest BCUT2D eigenvalue weighted by molar-refractivity contribution is -0.141. The summed E-state index contributed by atoms with van der Waals surface area (Å²) in [4.78, 5) is 23.8. The lowest BCUT2D eigenvalue weighted by Crippen LogP contribution is -2.25. The van der Waals surface area contributed by atoms with Crippen LogP contribution in [0, 0.1) is 5.92 Å². The van der Waals surface area contributed by atoms with Gasteiger partial charge in [-0.05, 0) is 40.2 Å². The van der Waals surface area contributed by atoms with E-state index in [9.17, 15) is 14.2 Å². The molecule has 0 aromatic carbocycles. The van der Waals surface area contributed by atoms with Crippen LogP contribution >= 0.6 is 7.60 Å². The SMILES string of the molecule is CCC[C@@H](CC(=O)P(=O)(OC(C)C)OC(C)C)[C@H]1C=CC(=O)O1. The predicted molar refractivity (Wildman–Crippen MR) is 87.1 cm³/mol. The van der Waals surface area contributed by atoms with Gasteiger partial charge in [-0.1, -0.05) is 13.3 Å². The second kappa shape index (κ2) is 8.76. The molecule has 1 rings (SSSR count). The Morgan fingerprint density at radius 1 is 1.26 bits per heavy atom. The maximum Gasteiger partial charge on any atom is 0.397 e. The highest BCUT2D eigenvalue weighted by Gasteiger charge is 2.40. The molecule has 132 valence electrons. The Bertz CT molecular complexity index is 483. The molecular formula is C16H27O6P. The van der Waals surface area contributed by atoms with E-state index in [1.54, 1.807) is 33.8 Å². The van der Waals surface area contributed by atoms with Crippen molar-refractivity contribution in [3.63, 3.8) is 0 Å². The Kier molecular flexibility index (Phi) is 7.65. The number of hydrogen-bond acceptors (Lipinski definition) is 6. The number of hydrogen-bond donors (Lipinski definition) is 0. The molecule has 0 saturated heterocycles. The molecule has 0 saturated carbocycles. The van der Waals surface area contributed by atoms with E-state index < -0.39 is 37.4 Å². The Labute approximate surface area is 138 Å². The Morgan fingerprint density at radius 2 is 1.83 bits per heavy atom. The van der Waals surface area contributed by atoms with E-state index in [0.717, 1.165) is 6.42 Å². The van der Waals surface area contributed by atoms with E-state index in [1.165, 1.54) is 6.08 Å². The fraction of sp³-hybridized carbons (Fsp3) is 0.750. The zero-order valence-corrected chi connectivity index (χ0v) is 15.4.